The van der Waals surface area contributed by atoms with Crippen molar-refractivity contribution in [2.45, 2.75) is 393 Å². The summed E-state index contributed by atoms with van der Waals surface area (Å²) < 4.78 is 68.3. The minimum atomic E-state index is -4.96. The highest BCUT2D eigenvalue weighted by Gasteiger charge is 2.30. The number of phosphoric acid groups is 2. The van der Waals surface area contributed by atoms with E-state index in [1.165, 1.54) is 180 Å². The van der Waals surface area contributed by atoms with Crippen molar-refractivity contribution in [3.05, 3.63) is 24.3 Å². The number of unbranched alkanes of at least 4 members (excludes halogenated alkanes) is 45. The van der Waals surface area contributed by atoms with Crippen molar-refractivity contribution < 1.29 is 80.2 Å². The Morgan fingerprint density at radius 1 is 0.298 bits per heavy atom. The van der Waals surface area contributed by atoms with Gasteiger partial charge in [-0.05, 0) is 51.4 Å². The number of ether oxygens (including phenoxy) is 4. The number of hydrogen-bond donors (Lipinski definition) is 3. The van der Waals surface area contributed by atoms with E-state index in [1.807, 2.05) is 0 Å². The smallest absolute Gasteiger partial charge is 0.462 e. The summed E-state index contributed by atoms with van der Waals surface area (Å²) >= 11 is 0. The maximum Gasteiger partial charge on any atom is 0.472 e. The monoisotopic (exact) mass is 1380 g/mol. The van der Waals surface area contributed by atoms with Crippen molar-refractivity contribution in [2.75, 3.05) is 39.6 Å². The molecule has 0 radical (unpaired) electrons. The van der Waals surface area contributed by atoms with Crippen LogP contribution < -0.4 is 0 Å². The minimum absolute atomic E-state index is 0.102. The van der Waals surface area contributed by atoms with E-state index >= 15 is 0 Å². The van der Waals surface area contributed by atoms with Gasteiger partial charge in [0.05, 0.1) is 26.4 Å². The molecule has 0 aliphatic rings. The van der Waals surface area contributed by atoms with Crippen molar-refractivity contribution in [3.8, 4) is 0 Å². The molecule has 0 heterocycles. The molecule has 0 aliphatic heterocycles. The van der Waals surface area contributed by atoms with E-state index in [2.05, 4.69) is 52.0 Å². The van der Waals surface area contributed by atoms with Crippen LogP contribution in [0, 0.1) is 0 Å². The van der Waals surface area contributed by atoms with Crippen LogP contribution in [0.5, 0.6) is 0 Å². The molecule has 17 nitrogen and oxygen atoms in total. The van der Waals surface area contributed by atoms with Crippen LogP contribution in [-0.4, -0.2) is 96.7 Å². The Labute approximate surface area is 573 Å². The maximum absolute atomic E-state index is 13.1. The third-order valence-corrected chi connectivity index (χ3v) is 18.9. The van der Waals surface area contributed by atoms with Gasteiger partial charge >= 0.3 is 39.5 Å². The van der Waals surface area contributed by atoms with Gasteiger partial charge in [0.15, 0.2) is 12.2 Å². The average molecular weight is 1380 g/mol. The summed E-state index contributed by atoms with van der Waals surface area (Å²) in [6.45, 7) is 4.87. The van der Waals surface area contributed by atoms with Crippen LogP contribution in [-0.2, 0) is 65.4 Å². The van der Waals surface area contributed by atoms with Crippen LogP contribution in [0.25, 0.3) is 0 Å². The van der Waals surface area contributed by atoms with E-state index in [0.29, 0.717) is 25.7 Å². The van der Waals surface area contributed by atoms with Crippen LogP contribution in [0.4, 0.5) is 0 Å². The van der Waals surface area contributed by atoms with E-state index in [-0.39, 0.29) is 25.7 Å². The minimum Gasteiger partial charge on any atom is -0.462 e. The van der Waals surface area contributed by atoms with Gasteiger partial charge in [-0.25, -0.2) is 9.13 Å². The Balaban J connectivity index is 5.20. The molecule has 0 rings (SSSR count). The fourth-order valence-corrected chi connectivity index (χ4v) is 12.6. The number of hydrogen-bond acceptors (Lipinski definition) is 15. The predicted molar refractivity (Wildman–Crippen MR) is 381 cm³/mol. The molecular formula is C75H142O17P2. The molecule has 554 valence electrons. The Morgan fingerprint density at radius 3 is 0.777 bits per heavy atom. The lowest BCUT2D eigenvalue weighted by atomic mass is 10.0. The number of aliphatic hydroxyl groups is 1. The second kappa shape index (κ2) is 69.0. The first-order valence-electron chi connectivity index (χ1n) is 38.6. The second-order valence-electron chi connectivity index (χ2n) is 26.4. The molecule has 94 heavy (non-hydrogen) atoms. The summed E-state index contributed by atoms with van der Waals surface area (Å²) in [6, 6.07) is 0. The first-order valence-corrected chi connectivity index (χ1v) is 41.6. The molecule has 0 aromatic heterocycles. The molecule has 0 fully saturated rings. The number of esters is 4. The van der Waals surface area contributed by atoms with Gasteiger partial charge in [-0.3, -0.25) is 37.3 Å². The maximum atomic E-state index is 13.1. The van der Waals surface area contributed by atoms with Gasteiger partial charge in [-0.15, -0.1) is 0 Å². The van der Waals surface area contributed by atoms with Crippen molar-refractivity contribution in [2.24, 2.45) is 0 Å². The molecule has 19 heteroatoms. The lowest BCUT2D eigenvalue weighted by Gasteiger charge is -2.21. The van der Waals surface area contributed by atoms with Gasteiger partial charge in [0.1, 0.15) is 19.3 Å². The fraction of sp³-hybridized carbons (Fsp3) is 0.893. The molecule has 3 N–H and O–H groups in total. The Kier molecular flexibility index (Phi) is 67.2. The van der Waals surface area contributed by atoms with Gasteiger partial charge in [-0.1, -0.05) is 322 Å². The first-order chi connectivity index (χ1) is 45.7. The Hall–Kier alpha value is -2.46. The molecule has 5 atom stereocenters. The van der Waals surface area contributed by atoms with E-state index < -0.39 is 97.5 Å². The Morgan fingerprint density at radius 2 is 0.511 bits per heavy atom. The number of rotatable bonds is 74. The van der Waals surface area contributed by atoms with Crippen LogP contribution >= 0.6 is 15.6 Å². The standard InChI is InChI=1S/C75H142O17P2/c1-5-9-13-17-21-25-28-30-32-33-34-35-36-37-39-41-43-46-50-54-58-62-75(80)92-71(66-86-73(78)60-56-52-48-45-42-40-38-31-29-26-22-18-14-10-6-2)68-90-94(83,84)88-64-69(76)63-87-93(81,82)89-67-70(65-85-72(77)59-55-51-47-24-20-16-12-8-4)91-74(79)61-57-53-49-44-27-23-19-15-11-7-3/h26,29,31,38,69-71,76H,5-25,27-28,30,32-37,39-68H2,1-4H3,(H,81,82)(H,83,84)/b29-26-,38-31-/t69-,70+,71+/m0/s1. The van der Waals surface area contributed by atoms with Crippen molar-refractivity contribution in [3.63, 3.8) is 0 Å². The summed E-state index contributed by atoms with van der Waals surface area (Å²) in [5, 5.41) is 10.6. The molecule has 0 aromatic carbocycles. The zero-order chi connectivity index (χ0) is 69.0. The van der Waals surface area contributed by atoms with Gasteiger partial charge in [0, 0.05) is 25.7 Å². The van der Waals surface area contributed by atoms with Crippen LogP contribution in [0.2, 0.25) is 0 Å². The summed E-state index contributed by atoms with van der Waals surface area (Å²) in [6.07, 6.45) is 62.0. The normalized spacial score (nSPS) is 14.1. The highest BCUT2D eigenvalue weighted by atomic mass is 31.2. The number of phosphoric ester groups is 2. The lowest BCUT2D eigenvalue weighted by Crippen LogP contribution is -2.30. The zero-order valence-corrected chi connectivity index (χ0v) is 62.2. The quantitative estimate of drug-likeness (QED) is 0.0169. The SMILES string of the molecule is CCCCCC/C=C\C=C/CCCCCCCC(=O)OC[C@H](COP(=O)(O)OC[C@@H](O)COP(=O)(O)OC[C@@H](COC(=O)CCCCCCCCCC)OC(=O)CCCCCCCCCCCC)OC(=O)CCCCCCCCCCCCCCCCCCCCCCC. The predicted octanol–water partition coefficient (Wildman–Crippen LogP) is 21.8. The summed E-state index contributed by atoms with van der Waals surface area (Å²) in [7, 11) is -9.91. The second-order valence-corrected chi connectivity index (χ2v) is 29.3. The summed E-state index contributed by atoms with van der Waals surface area (Å²) in [5.41, 5.74) is 0. The largest absolute Gasteiger partial charge is 0.472 e. The molecule has 0 aliphatic carbocycles. The number of aliphatic hydroxyl groups excluding tert-OH is 1. The first kappa shape index (κ1) is 91.5. The van der Waals surface area contributed by atoms with Crippen LogP contribution in [0.3, 0.4) is 0 Å². The molecule has 0 saturated carbocycles. The molecule has 0 spiro atoms. The van der Waals surface area contributed by atoms with Gasteiger partial charge < -0.3 is 33.8 Å². The number of carbonyl (C=O) groups excluding carboxylic acids is 4. The zero-order valence-electron chi connectivity index (χ0n) is 60.4. The molecule has 0 aromatic rings. The van der Waals surface area contributed by atoms with Gasteiger partial charge in [0.2, 0.25) is 0 Å². The molecule has 2 unspecified atom stereocenters. The third-order valence-electron chi connectivity index (χ3n) is 17.0. The topological polar surface area (TPSA) is 237 Å². The summed E-state index contributed by atoms with van der Waals surface area (Å²) in [5.74, 6) is -2.15. The molecule has 0 bridgehead atoms. The average Bonchev–Trinajstić information content (AvgIpc) is 1.29. The summed E-state index contributed by atoms with van der Waals surface area (Å²) in [4.78, 5) is 72.6. The van der Waals surface area contributed by atoms with E-state index in [9.17, 15) is 43.2 Å². The number of carbonyl (C=O) groups is 4. The van der Waals surface area contributed by atoms with Crippen molar-refractivity contribution >= 4 is 39.5 Å². The number of allylic oxidation sites excluding steroid dienone is 4. The van der Waals surface area contributed by atoms with Gasteiger partial charge in [0.25, 0.3) is 0 Å². The Bertz CT molecular complexity index is 1880. The van der Waals surface area contributed by atoms with E-state index in [0.717, 1.165) is 116 Å². The van der Waals surface area contributed by atoms with Gasteiger partial charge in [-0.2, -0.15) is 0 Å². The fourth-order valence-electron chi connectivity index (χ4n) is 11.0. The van der Waals surface area contributed by atoms with E-state index in [4.69, 9.17) is 37.0 Å². The highest BCUT2D eigenvalue weighted by Crippen LogP contribution is 2.45. The van der Waals surface area contributed by atoms with Crippen molar-refractivity contribution in [1.29, 1.82) is 0 Å². The third kappa shape index (κ3) is 68.1. The lowest BCUT2D eigenvalue weighted by molar-refractivity contribution is -0.161. The molecule has 0 amide bonds. The van der Waals surface area contributed by atoms with E-state index in [1.54, 1.807) is 0 Å². The van der Waals surface area contributed by atoms with Crippen molar-refractivity contribution in [1.82, 2.24) is 0 Å². The molecule has 0 saturated heterocycles. The van der Waals surface area contributed by atoms with Crippen LogP contribution in [0.1, 0.15) is 374 Å². The highest BCUT2D eigenvalue weighted by molar-refractivity contribution is 7.47. The van der Waals surface area contributed by atoms with Crippen LogP contribution in [0.15, 0.2) is 24.3 Å². The molecular weight excluding hydrogens is 1230 g/mol.